The molecule has 39 heavy (non-hydrogen) atoms. The van der Waals surface area contributed by atoms with Crippen molar-refractivity contribution in [1.29, 1.82) is 0 Å². The molecule has 1 atom stereocenters. The molecule has 0 saturated carbocycles. The number of amides is 1. The summed E-state index contributed by atoms with van der Waals surface area (Å²) in [5, 5.41) is 7.59. The van der Waals surface area contributed by atoms with Gasteiger partial charge in [-0.1, -0.05) is 41.9 Å². The average molecular weight is 555 g/mol. The smallest absolute Gasteiger partial charge is 0.319 e. The van der Waals surface area contributed by atoms with Crippen molar-refractivity contribution in [2.24, 2.45) is 7.05 Å². The maximum absolute atomic E-state index is 12.7. The highest BCUT2D eigenvalue weighted by atomic mass is 35.5. The largest absolute Gasteiger partial charge is 0.492 e. The Hall–Kier alpha value is -3.73. The van der Waals surface area contributed by atoms with Crippen molar-refractivity contribution in [3.63, 3.8) is 0 Å². The third kappa shape index (κ3) is 7.23. The molecule has 0 aliphatic carbocycles. The van der Waals surface area contributed by atoms with E-state index < -0.39 is 6.29 Å². The molecule has 1 fully saturated rings. The molecule has 0 spiro atoms. The second kappa shape index (κ2) is 12.9. The van der Waals surface area contributed by atoms with Gasteiger partial charge in [-0.2, -0.15) is 5.10 Å². The number of carbonyl (C=O) groups excluding carboxylic acids is 1. The Morgan fingerprint density at radius 2 is 1.97 bits per heavy atom. The highest BCUT2D eigenvalue weighted by molar-refractivity contribution is 6.33. The molecule has 206 valence electrons. The van der Waals surface area contributed by atoms with Crippen LogP contribution in [0.25, 0.3) is 11.3 Å². The normalized spacial score (nSPS) is 17.2. The molecule has 2 aliphatic rings. The predicted molar refractivity (Wildman–Crippen MR) is 145 cm³/mol. The fourth-order valence-electron chi connectivity index (χ4n) is 4.36. The van der Waals surface area contributed by atoms with Gasteiger partial charge in [0.15, 0.2) is 12.9 Å². The van der Waals surface area contributed by atoms with E-state index in [9.17, 15) is 4.79 Å². The SMILES string of the molecule is Cn1ncc(Cl)c1-c1cc(NC(=O)COC2=COC(Cc3ccccc3)O2)ccc1OCCN1CCOCC1. The van der Waals surface area contributed by atoms with Crippen LogP contribution in [0.4, 0.5) is 5.69 Å². The van der Waals surface area contributed by atoms with E-state index in [1.54, 1.807) is 24.0 Å². The van der Waals surface area contributed by atoms with E-state index in [1.807, 2.05) is 42.5 Å². The minimum Gasteiger partial charge on any atom is -0.492 e. The van der Waals surface area contributed by atoms with E-state index >= 15 is 0 Å². The highest BCUT2D eigenvalue weighted by Gasteiger charge is 2.22. The lowest BCUT2D eigenvalue weighted by atomic mass is 10.1. The number of ether oxygens (including phenoxy) is 5. The van der Waals surface area contributed by atoms with E-state index in [2.05, 4.69) is 15.3 Å². The maximum atomic E-state index is 12.7. The number of hydrogen-bond acceptors (Lipinski definition) is 8. The number of nitrogens with one attached hydrogen (secondary N) is 1. The summed E-state index contributed by atoms with van der Waals surface area (Å²) >= 11 is 6.45. The summed E-state index contributed by atoms with van der Waals surface area (Å²) < 4.78 is 29.9. The molecule has 3 aromatic rings. The van der Waals surface area contributed by atoms with Crippen LogP contribution in [-0.4, -0.2) is 72.9 Å². The second-order valence-corrected chi connectivity index (χ2v) is 9.53. The fraction of sp³-hybridized carbons (Fsp3) is 0.357. The van der Waals surface area contributed by atoms with E-state index in [4.69, 9.17) is 35.3 Å². The number of morpholine rings is 1. The summed E-state index contributed by atoms with van der Waals surface area (Å²) in [4.78, 5) is 15.0. The molecular formula is C28H31ClN4O6. The van der Waals surface area contributed by atoms with Gasteiger partial charge in [0.05, 0.1) is 30.1 Å². The van der Waals surface area contributed by atoms with Gasteiger partial charge in [-0.15, -0.1) is 0 Å². The van der Waals surface area contributed by atoms with Crippen LogP contribution in [-0.2, 0) is 37.2 Å². The number of hydrogen-bond donors (Lipinski definition) is 1. The predicted octanol–water partition coefficient (Wildman–Crippen LogP) is 3.82. The standard InChI is InChI=1S/C28H31ClN4O6/c1-32-28(23(29)17-30-32)22-16-21(7-8-24(22)36-14-11-33-9-12-35-13-10-33)31-25(34)18-37-27-19-38-26(39-27)15-20-5-3-2-4-6-20/h2-8,16-17,19,26H,9-15,18H2,1H3,(H,31,34). The first-order valence-corrected chi connectivity index (χ1v) is 13.2. The van der Waals surface area contributed by atoms with Gasteiger partial charge in [0.2, 0.25) is 6.29 Å². The van der Waals surface area contributed by atoms with Crippen LogP contribution in [0.5, 0.6) is 5.75 Å². The van der Waals surface area contributed by atoms with Crippen LogP contribution in [0.2, 0.25) is 5.02 Å². The average Bonchev–Trinajstić information content (AvgIpc) is 3.54. The minimum atomic E-state index is -0.493. The van der Waals surface area contributed by atoms with Crippen molar-refractivity contribution in [3.05, 3.63) is 77.5 Å². The molecule has 10 nitrogen and oxygen atoms in total. The molecule has 3 heterocycles. The lowest BCUT2D eigenvalue weighted by molar-refractivity contribution is -0.123. The molecular weight excluding hydrogens is 524 g/mol. The Morgan fingerprint density at radius 1 is 1.15 bits per heavy atom. The monoisotopic (exact) mass is 554 g/mol. The summed E-state index contributed by atoms with van der Waals surface area (Å²) in [5.74, 6) is 0.459. The van der Waals surface area contributed by atoms with Crippen LogP contribution in [0.15, 0.2) is 66.9 Å². The molecule has 0 radical (unpaired) electrons. The quantitative estimate of drug-likeness (QED) is 0.382. The van der Waals surface area contributed by atoms with Crippen LogP contribution in [0, 0.1) is 0 Å². The molecule has 1 aromatic heterocycles. The van der Waals surface area contributed by atoms with E-state index in [1.165, 1.54) is 6.26 Å². The zero-order valence-electron chi connectivity index (χ0n) is 21.7. The first kappa shape index (κ1) is 26.9. The second-order valence-electron chi connectivity index (χ2n) is 9.13. The fourth-order valence-corrected chi connectivity index (χ4v) is 4.62. The zero-order valence-corrected chi connectivity index (χ0v) is 22.4. The first-order chi connectivity index (χ1) is 19.0. The van der Waals surface area contributed by atoms with Gasteiger partial charge >= 0.3 is 5.95 Å². The maximum Gasteiger partial charge on any atom is 0.319 e. The highest BCUT2D eigenvalue weighted by Crippen LogP contribution is 2.36. The number of aromatic nitrogens is 2. The van der Waals surface area contributed by atoms with Crippen LogP contribution in [0.1, 0.15) is 5.56 Å². The lowest BCUT2D eigenvalue weighted by Gasteiger charge is -2.26. The summed E-state index contributed by atoms with van der Waals surface area (Å²) in [6.07, 6.45) is 3.03. The number of benzene rings is 2. The summed E-state index contributed by atoms with van der Waals surface area (Å²) in [6, 6.07) is 15.3. The Balaban J connectivity index is 1.17. The van der Waals surface area contributed by atoms with Crippen LogP contribution < -0.4 is 10.1 Å². The van der Waals surface area contributed by atoms with Gasteiger partial charge in [-0.25, -0.2) is 0 Å². The van der Waals surface area contributed by atoms with Gasteiger partial charge in [0.25, 0.3) is 5.91 Å². The van der Waals surface area contributed by atoms with Gasteiger partial charge in [0.1, 0.15) is 12.4 Å². The van der Waals surface area contributed by atoms with Crippen molar-refractivity contribution in [1.82, 2.24) is 14.7 Å². The summed E-state index contributed by atoms with van der Waals surface area (Å²) in [7, 11) is 1.81. The van der Waals surface area contributed by atoms with Crippen LogP contribution in [0.3, 0.4) is 0 Å². The third-order valence-electron chi connectivity index (χ3n) is 6.34. The van der Waals surface area contributed by atoms with Crippen molar-refractivity contribution >= 4 is 23.2 Å². The molecule has 2 aliphatic heterocycles. The van der Waals surface area contributed by atoms with E-state index in [-0.39, 0.29) is 18.5 Å². The number of carbonyl (C=O) groups is 1. The minimum absolute atomic E-state index is 0.164. The molecule has 0 bridgehead atoms. The van der Waals surface area contributed by atoms with Crippen molar-refractivity contribution in [2.75, 3.05) is 51.4 Å². The molecule has 1 saturated heterocycles. The topological polar surface area (TPSA) is 96.3 Å². The Morgan fingerprint density at radius 3 is 2.74 bits per heavy atom. The number of aryl methyl sites for hydroxylation is 1. The third-order valence-corrected chi connectivity index (χ3v) is 6.61. The van der Waals surface area contributed by atoms with Gasteiger partial charge in [-0.05, 0) is 23.8 Å². The molecule has 2 aromatic carbocycles. The number of nitrogens with zero attached hydrogens (tertiary/aromatic N) is 3. The number of anilines is 1. The summed E-state index contributed by atoms with van der Waals surface area (Å²) in [6.45, 7) is 4.29. The lowest BCUT2D eigenvalue weighted by Crippen LogP contribution is -2.38. The van der Waals surface area contributed by atoms with Crippen molar-refractivity contribution < 1.29 is 28.5 Å². The van der Waals surface area contributed by atoms with Crippen LogP contribution >= 0.6 is 11.6 Å². The molecule has 1 unspecified atom stereocenters. The van der Waals surface area contributed by atoms with Gasteiger partial charge in [0, 0.05) is 44.4 Å². The molecule has 11 heteroatoms. The Labute approximate surface area is 232 Å². The van der Waals surface area contributed by atoms with Crippen molar-refractivity contribution in [3.8, 4) is 17.0 Å². The number of rotatable bonds is 11. The number of halogens is 1. The first-order valence-electron chi connectivity index (χ1n) is 12.8. The molecule has 5 rings (SSSR count). The molecule has 1 amide bonds. The van der Waals surface area contributed by atoms with Crippen molar-refractivity contribution in [2.45, 2.75) is 12.7 Å². The zero-order chi connectivity index (χ0) is 27.0. The Bertz CT molecular complexity index is 1270. The van der Waals surface area contributed by atoms with E-state index in [0.29, 0.717) is 35.2 Å². The van der Waals surface area contributed by atoms with E-state index in [0.717, 1.165) is 44.0 Å². The van der Waals surface area contributed by atoms with Gasteiger partial charge in [-0.3, -0.25) is 14.4 Å². The van der Waals surface area contributed by atoms with Gasteiger partial charge < -0.3 is 29.0 Å². The summed E-state index contributed by atoms with van der Waals surface area (Å²) in [5.41, 5.74) is 3.06. The Kier molecular flexibility index (Phi) is 8.87. The molecule has 1 N–H and O–H groups in total.